The Morgan fingerprint density at radius 1 is 0.926 bits per heavy atom. The van der Waals surface area contributed by atoms with E-state index in [9.17, 15) is 4.79 Å². The summed E-state index contributed by atoms with van der Waals surface area (Å²) in [4.78, 5) is 13.8. The van der Waals surface area contributed by atoms with Gasteiger partial charge in [-0.1, -0.05) is 97.4 Å². The lowest BCUT2D eigenvalue weighted by Gasteiger charge is -2.38. The Morgan fingerprint density at radius 3 is 1.93 bits per heavy atom. The predicted molar refractivity (Wildman–Crippen MR) is 117 cm³/mol. The van der Waals surface area contributed by atoms with E-state index >= 15 is 0 Å². The quantitative estimate of drug-likeness (QED) is 0.497. The third kappa shape index (κ3) is 4.45. The van der Waals surface area contributed by atoms with Crippen LogP contribution in [0.1, 0.15) is 90.3 Å². The van der Waals surface area contributed by atoms with E-state index in [2.05, 4.69) is 91.8 Å². The van der Waals surface area contributed by atoms with Crippen LogP contribution >= 0.6 is 0 Å². The summed E-state index contributed by atoms with van der Waals surface area (Å²) in [5.74, 6) is 1.99. The van der Waals surface area contributed by atoms with Crippen molar-refractivity contribution in [3.05, 3.63) is 58.7 Å². The number of allylic oxidation sites excluding steroid dienone is 4. The van der Waals surface area contributed by atoms with Gasteiger partial charge in [0.05, 0.1) is 5.41 Å². The highest BCUT2D eigenvalue weighted by Gasteiger charge is 2.41. The summed E-state index contributed by atoms with van der Waals surface area (Å²) >= 11 is 0. The Labute approximate surface area is 167 Å². The fraction of sp³-hybridized carbons (Fsp3) is 0.577. The van der Waals surface area contributed by atoms with E-state index in [1.54, 1.807) is 0 Å². The van der Waals surface area contributed by atoms with Crippen LogP contribution in [0.4, 0.5) is 0 Å². The van der Waals surface area contributed by atoms with Crippen molar-refractivity contribution in [1.82, 2.24) is 0 Å². The maximum atomic E-state index is 13.8. The summed E-state index contributed by atoms with van der Waals surface area (Å²) in [6.45, 7) is 17.8. The minimum atomic E-state index is -0.382. The molecule has 1 aliphatic carbocycles. The van der Waals surface area contributed by atoms with Crippen molar-refractivity contribution < 1.29 is 4.79 Å². The third-order valence-corrected chi connectivity index (χ3v) is 6.32. The van der Waals surface area contributed by atoms with E-state index in [1.165, 1.54) is 22.3 Å². The van der Waals surface area contributed by atoms with E-state index in [0.717, 1.165) is 6.42 Å². The molecule has 0 heterocycles. The first-order chi connectivity index (χ1) is 12.6. The highest BCUT2D eigenvalue weighted by atomic mass is 16.1. The van der Waals surface area contributed by atoms with Crippen LogP contribution in [0.5, 0.6) is 0 Å². The standard InChI is InChI=1S/C26H38O/c1-17(2)21-11-10-14-26(16-21,20(7)8)25(27)15-24-22(18(3)4)12-9-13-23(24)19(5)6/h9-14,17-20H,15-16H2,1-8H3. The van der Waals surface area contributed by atoms with Crippen molar-refractivity contribution in [1.29, 1.82) is 0 Å². The first-order valence-corrected chi connectivity index (χ1v) is 10.6. The van der Waals surface area contributed by atoms with Gasteiger partial charge in [0.2, 0.25) is 0 Å². The summed E-state index contributed by atoms with van der Waals surface area (Å²) in [5.41, 5.74) is 4.93. The summed E-state index contributed by atoms with van der Waals surface area (Å²) < 4.78 is 0. The SMILES string of the molecule is CC(C)C1=CC=CC(C(=O)Cc2c(C(C)C)cccc2C(C)C)(C(C)C)C1. The summed E-state index contributed by atoms with van der Waals surface area (Å²) in [6.07, 6.45) is 7.90. The van der Waals surface area contributed by atoms with Crippen molar-refractivity contribution in [2.45, 2.75) is 80.1 Å². The molecule has 148 valence electrons. The maximum absolute atomic E-state index is 13.8. The lowest BCUT2D eigenvalue weighted by atomic mass is 9.64. The molecule has 0 saturated carbocycles. The predicted octanol–water partition coefficient (Wildman–Crippen LogP) is 7.23. The average molecular weight is 367 g/mol. The molecule has 1 aromatic carbocycles. The molecule has 0 fully saturated rings. The molecule has 1 nitrogen and oxygen atoms in total. The minimum absolute atomic E-state index is 0.289. The summed E-state index contributed by atoms with van der Waals surface area (Å²) in [6, 6.07) is 6.56. The Kier molecular flexibility index (Phi) is 6.89. The average Bonchev–Trinajstić information content (AvgIpc) is 2.61. The molecule has 1 aliphatic rings. The van der Waals surface area contributed by atoms with Crippen molar-refractivity contribution in [2.75, 3.05) is 0 Å². The largest absolute Gasteiger partial charge is 0.298 e. The number of ketones is 1. The first kappa shape index (κ1) is 21.7. The van der Waals surface area contributed by atoms with E-state index in [-0.39, 0.29) is 11.3 Å². The van der Waals surface area contributed by atoms with Crippen LogP contribution in [0.15, 0.2) is 42.0 Å². The van der Waals surface area contributed by atoms with Gasteiger partial charge in [-0.05, 0) is 46.8 Å². The number of rotatable bonds is 7. The second-order valence-corrected chi connectivity index (χ2v) is 9.45. The van der Waals surface area contributed by atoms with Gasteiger partial charge in [0.25, 0.3) is 0 Å². The Bertz CT molecular complexity index is 704. The number of carbonyl (C=O) groups excluding carboxylic acids is 1. The smallest absolute Gasteiger partial charge is 0.147 e. The second-order valence-electron chi connectivity index (χ2n) is 9.45. The Hall–Kier alpha value is -1.63. The first-order valence-electron chi connectivity index (χ1n) is 10.6. The molecule has 1 heteroatoms. The molecule has 0 amide bonds. The van der Waals surface area contributed by atoms with E-state index in [1.807, 2.05) is 0 Å². The number of Topliss-reactive ketones (excluding diaryl/α,β-unsaturated/α-hetero) is 1. The van der Waals surface area contributed by atoms with Gasteiger partial charge in [0, 0.05) is 6.42 Å². The number of carbonyl (C=O) groups is 1. The van der Waals surface area contributed by atoms with Gasteiger partial charge < -0.3 is 0 Å². The van der Waals surface area contributed by atoms with Gasteiger partial charge in [0.1, 0.15) is 5.78 Å². The number of benzene rings is 1. The van der Waals surface area contributed by atoms with E-state index < -0.39 is 0 Å². The molecule has 0 aromatic heterocycles. The van der Waals surface area contributed by atoms with Crippen LogP contribution in [0.3, 0.4) is 0 Å². The molecule has 0 aliphatic heterocycles. The van der Waals surface area contributed by atoms with Crippen LogP contribution in [0.2, 0.25) is 0 Å². The van der Waals surface area contributed by atoms with Gasteiger partial charge in [-0.15, -0.1) is 0 Å². The van der Waals surface area contributed by atoms with Gasteiger partial charge in [0.15, 0.2) is 0 Å². The molecule has 0 bridgehead atoms. The Balaban J connectivity index is 2.46. The number of hydrogen-bond acceptors (Lipinski definition) is 1. The van der Waals surface area contributed by atoms with E-state index in [0.29, 0.717) is 30.0 Å². The zero-order valence-electron chi connectivity index (χ0n) is 18.6. The van der Waals surface area contributed by atoms with Crippen molar-refractivity contribution in [2.24, 2.45) is 17.3 Å². The maximum Gasteiger partial charge on any atom is 0.147 e. The molecule has 1 aromatic rings. The van der Waals surface area contributed by atoms with Crippen LogP contribution in [0.25, 0.3) is 0 Å². The molecule has 0 N–H and O–H groups in total. The molecule has 27 heavy (non-hydrogen) atoms. The molecule has 0 spiro atoms. The van der Waals surface area contributed by atoms with Crippen LogP contribution in [-0.4, -0.2) is 5.78 Å². The highest BCUT2D eigenvalue weighted by molar-refractivity contribution is 5.90. The zero-order chi connectivity index (χ0) is 20.4. The third-order valence-electron chi connectivity index (χ3n) is 6.32. The highest BCUT2D eigenvalue weighted by Crippen LogP contribution is 2.43. The van der Waals surface area contributed by atoms with Crippen LogP contribution in [-0.2, 0) is 11.2 Å². The molecule has 1 atom stereocenters. The van der Waals surface area contributed by atoms with Crippen LogP contribution < -0.4 is 0 Å². The van der Waals surface area contributed by atoms with Gasteiger partial charge in [-0.25, -0.2) is 0 Å². The molecule has 0 radical (unpaired) electrons. The lowest BCUT2D eigenvalue weighted by Crippen LogP contribution is -2.38. The molecule has 1 unspecified atom stereocenters. The summed E-state index contributed by atoms with van der Waals surface area (Å²) in [5, 5.41) is 0. The monoisotopic (exact) mass is 366 g/mol. The molecule has 0 saturated heterocycles. The fourth-order valence-electron chi connectivity index (χ4n) is 4.34. The van der Waals surface area contributed by atoms with Crippen LogP contribution in [0, 0.1) is 17.3 Å². The van der Waals surface area contributed by atoms with Crippen molar-refractivity contribution in [3.8, 4) is 0 Å². The van der Waals surface area contributed by atoms with E-state index in [4.69, 9.17) is 0 Å². The Morgan fingerprint density at radius 2 is 1.48 bits per heavy atom. The fourth-order valence-corrected chi connectivity index (χ4v) is 4.34. The molecule has 2 rings (SSSR count). The normalized spacial score (nSPS) is 20.1. The zero-order valence-corrected chi connectivity index (χ0v) is 18.6. The second kappa shape index (κ2) is 8.59. The molecular weight excluding hydrogens is 328 g/mol. The van der Waals surface area contributed by atoms with Crippen molar-refractivity contribution in [3.63, 3.8) is 0 Å². The topological polar surface area (TPSA) is 17.1 Å². The van der Waals surface area contributed by atoms with Crippen molar-refractivity contribution >= 4 is 5.78 Å². The minimum Gasteiger partial charge on any atom is -0.298 e. The van der Waals surface area contributed by atoms with Gasteiger partial charge in [-0.2, -0.15) is 0 Å². The molecular formula is C26H38O. The van der Waals surface area contributed by atoms with Gasteiger partial charge >= 0.3 is 0 Å². The van der Waals surface area contributed by atoms with Gasteiger partial charge in [-0.3, -0.25) is 4.79 Å². The lowest BCUT2D eigenvalue weighted by molar-refractivity contribution is -0.127. The number of hydrogen-bond donors (Lipinski definition) is 0. The summed E-state index contributed by atoms with van der Waals surface area (Å²) in [7, 11) is 0.